The third-order valence-electron chi connectivity index (χ3n) is 5.47. The number of hydrogen-bond donors (Lipinski definition) is 1. The van der Waals surface area contributed by atoms with Crippen molar-refractivity contribution in [2.75, 3.05) is 29.9 Å². The van der Waals surface area contributed by atoms with Gasteiger partial charge in [0.05, 0.1) is 0 Å². The van der Waals surface area contributed by atoms with Gasteiger partial charge in [0, 0.05) is 30.9 Å². The van der Waals surface area contributed by atoms with Crippen LogP contribution >= 0.6 is 0 Å². The van der Waals surface area contributed by atoms with Crippen molar-refractivity contribution in [1.82, 2.24) is 0 Å². The maximum absolute atomic E-state index is 12.0. The van der Waals surface area contributed by atoms with Gasteiger partial charge in [-0.25, -0.2) is 0 Å². The molecular weight excluding hydrogens is 328 g/mol. The smallest absolute Gasteiger partial charge is 0.306 e. The third-order valence-corrected chi connectivity index (χ3v) is 5.47. The highest BCUT2D eigenvalue weighted by atomic mass is 16.5. The van der Waals surface area contributed by atoms with Crippen LogP contribution in [-0.4, -0.2) is 31.6 Å². The summed E-state index contributed by atoms with van der Waals surface area (Å²) < 4.78 is 5.10. The van der Waals surface area contributed by atoms with Crippen LogP contribution in [0.3, 0.4) is 0 Å². The molecule has 0 atom stereocenters. The van der Waals surface area contributed by atoms with E-state index in [0.29, 0.717) is 12.3 Å². The quantitative estimate of drug-likeness (QED) is 0.745. The lowest BCUT2D eigenvalue weighted by atomic mass is 10.0. The zero-order valence-electron chi connectivity index (χ0n) is 15.5. The molecule has 5 heteroatoms. The van der Waals surface area contributed by atoms with Crippen molar-refractivity contribution in [2.24, 2.45) is 5.92 Å². The van der Waals surface area contributed by atoms with Crippen LogP contribution in [-0.2, 0) is 14.3 Å². The first-order valence-corrected chi connectivity index (χ1v) is 10.0. The van der Waals surface area contributed by atoms with Gasteiger partial charge in [0.2, 0.25) is 0 Å². The zero-order valence-corrected chi connectivity index (χ0v) is 15.5. The molecule has 1 heterocycles. The highest BCUT2D eigenvalue weighted by Gasteiger charge is 2.17. The van der Waals surface area contributed by atoms with Crippen molar-refractivity contribution in [2.45, 2.75) is 57.8 Å². The van der Waals surface area contributed by atoms with Crippen LogP contribution in [0.15, 0.2) is 24.3 Å². The molecule has 0 radical (unpaired) electrons. The third kappa shape index (κ3) is 5.75. The number of rotatable bonds is 7. The van der Waals surface area contributed by atoms with E-state index in [1.165, 1.54) is 50.6 Å². The summed E-state index contributed by atoms with van der Waals surface area (Å²) in [7, 11) is 0. The fraction of sp³-hybridized carbons (Fsp3) is 0.619. The second-order valence-corrected chi connectivity index (χ2v) is 7.49. The van der Waals surface area contributed by atoms with Crippen molar-refractivity contribution in [3.63, 3.8) is 0 Å². The van der Waals surface area contributed by atoms with Gasteiger partial charge < -0.3 is 15.0 Å². The van der Waals surface area contributed by atoms with E-state index >= 15 is 0 Å². The molecule has 3 rings (SSSR count). The van der Waals surface area contributed by atoms with Gasteiger partial charge in [0.25, 0.3) is 5.91 Å². The number of nitrogens with zero attached hydrogens (tertiary/aromatic N) is 1. The first-order valence-electron chi connectivity index (χ1n) is 10.0. The lowest BCUT2D eigenvalue weighted by molar-refractivity contribution is -0.147. The van der Waals surface area contributed by atoms with E-state index in [-0.39, 0.29) is 18.5 Å². The molecular formula is C21H30N2O3. The van der Waals surface area contributed by atoms with Crippen molar-refractivity contribution in [1.29, 1.82) is 0 Å². The molecule has 1 saturated carbocycles. The van der Waals surface area contributed by atoms with Crippen LogP contribution in [0, 0.1) is 5.92 Å². The number of ether oxygens (including phenoxy) is 1. The van der Waals surface area contributed by atoms with E-state index in [4.69, 9.17) is 4.74 Å². The van der Waals surface area contributed by atoms with Crippen molar-refractivity contribution < 1.29 is 14.3 Å². The normalized spacial score (nSPS) is 17.9. The predicted octanol–water partition coefficient (Wildman–Crippen LogP) is 4.13. The zero-order chi connectivity index (χ0) is 18.2. The number of carbonyl (C=O) groups excluding carboxylic acids is 2. The molecule has 2 fully saturated rings. The summed E-state index contributed by atoms with van der Waals surface area (Å²) in [5, 5.41) is 2.79. The fourth-order valence-corrected chi connectivity index (χ4v) is 3.94. The minimum absolute atomic E-state index is 0.211. The minimum atomic E-state index is -0.287. The van der Waals surface area contributed by atoms with E-state index in [1.807, 2.05) is 24.3 Å². The predicted molar refractivity (Wildman–Crippen MR) is 103 cm³/mol. The molecule has 1 aromatic carbocycles. The van der Waals surface area contributed by atoms with E-state index in [1.54, 1.807) is 0 Å². The first-order chi connectivity index (χ1) is 12.7. The number of carbonyl (C=O) groups is 2. The summed E-state index contributed by atoms with van der Waals surface area (Å²) in [6, 6.07) is 7.89. The van der Waals surface area contributed by atoms with Gasteiger partial charge in [-0.2, -0.15) is 0 Å². The maximum atomic E-state index is 12.0. The topological polar surface area (TPSA) is 58.6 Å². The average Bonchev–Trinajstić information content (AvgIpc) is 3.20. The van der Waals surface area contributed by atoms with Crippen LogP contribution in [0.25, 0.3) is 0 Å². The van der Waals surface area contributed by atoms with Crippen LogP contribution in [0.2, 0.25) is 0 Å². The van der Waals surface area contributed by atoms with Gasteiger partial charge in [-0.3, -0.25) is 9.59 Å². The largest absolute Gasteiger partial charge is 0.456 e. The molecule has 1 aromatic rings. The van der Waals surface area contributed by atoms with Crippen LogP contribution in [0.5, 0.6) is 0 Å². The Morgan fingerprint density at radius 2 is 1.69 bits per heavy atom. The van der Waals surface area contributed by atoms with Gasteiger partial charge in [0.1, 0.15) is 0 Å². The van der Waals surface area contributed by atoms with Gasteiger partial charge in [0.15, 0.2) is 6.61 Å². The van der Waals surface area contributed by atoms with Gasteiger partial charge in [-0.05, 0) is 55.9 Å². The highest BCUT2D eigenvalue weighted by Crippen LogP contribution is 2.28. The Labute approximate surface area is 156 Å². The Morgan fingerprint density at radius 1 is 1.00 bits per heavy atom. The molecule has 1 aliphatic heterocycles. The minimum Gasteiger partial charge on any atom is -0.456 e. The lowest BCUT2D eigenvalue weighted by Crippen LogP contribution is -2.29. The monoisotopic (exact) mass is 358 g/mol. The van der Waals surface area contributed by atoms with Crippen molar-refractivity contribution in [3.05, 3.63) is 24.3 Å². The number of piperidine rings is 1. The summed E-state index contributed by atoms with van der Waals surface area (Å²) in [6.45, 7) is 1.99. The van der Waals surface area contributed by atoms with E-state index in [2.05, 4.69) is 10.2 Å². The SMILES string of the molecule is O=C(COC(=O)CCC1CCCC1)Nc1ccc(N2CCCCC2)cc1. The number of anilines is 2. The summed E-state index contributed by atoms with van der Waals surface area (Å²) >= 11 is 0. The molecule has 0 bridgehead atoms. The summed E-state index contributed by atoms with van der Waals surface area (Å²) in [5.74, 6) is 0.104. The number of amides is 1. The van der Waals surface area contributed by atoms with E-state index in [0.717, 1.165) is 25.2 Å². The fourth-order valence-electron chi connectivity index (χ4n) is 3.94. The Balaban J connectivity index is 1.36. The Kier molecular flexibility index (Phi) is 6.92. The Hall–Kier alpha value is -2.04. The highest BCUT2D eigenvalue weighted by molar-refractivity contribution is 5.92. The first kappa shape index (κ1) is 18.7. The van der Waals surface area contributed by atoms with Gasteiger partial charge in [-0.15, -0.1) is 0 Å². The summed E-state index contributed by atoms with van der Waals surface area (Å²) in [4.78, 5) is 26.1. The van der Waals surface area contributed by atoms with Gasteiger partial charge >= 0.3 is 5.97 Å². The number of esters is 1. The van der Waals surface area contributed by atoms with E-state index < -0.39 is 0 Å². The van der Waals surface area contributed by atoms with Crippen LogP contribution < -0.4 is 10.2 Å². The Morgan fingerprint density at radius 3 is 2.38 bits per heavy atom. The second-order valence-electron chi connectivity index (χ2n) is 7.49. The summed E-state index contributed by atoms with van der Waals surface area (Å²) in [5.41, 5.74) is 1.93. The molecule has 1 saturated heterocycles. The standard InChI is InChI=1S/C21H30N2O3/c24-20(16-26-21(25)13-8-17-6-2-3-7-17)22-18-9-11-19(12-10-18)23-14-4-1-5-15-23/h9-12,17H,1-8,13-16H2,(H,22,24). The molecule has 1 N–H and O–H groups in total. The molecule has 5 nitrogen and oxygen atoms in total. The number of benzene rings is 1. The number of nitrogens with one attached hydrogen (secondary N) is 1. The average molecular weight is 358 g/mol. The maximum Gasteiger partial charge on any atom is 0.306 e. The van der Waals surface area contributed by atoms with Crippen LogP contribution in [0.4, 0.5) is 11.4 Å². The molecule has 0 unspecified atom stereocenters. The van der Waals surface area contributed by atoms with Crippen LogP contribution in [0.1, 0.15) is 57.8 Å². The Bertz CT molecular complexity index is 588. The number of hydrogen-bond acceptors (Lipinski definition) is 4. The molecule has 0 spiro atoms. The molecule has 1 aliphatic carbocycles. The van der Waals surface area contributed by atoms with Gasteiger partial charge in [-0.1, -0.05) is 25.7 Å². The lowest BCUT2D eigenvalue weighted by Gasteiger charge is -2.28. The molecule has 142 valence electrons. The molecule has 0 aromatic heterocycles. The second kappa shape index (κ2) is 9.60. The summed E-state index contributed by atoms with van der Waals surface area (Å²) in [6.07, 6.45) is 10.1. The molecule has 26 heavy (non-hydrogen) atoms. The van der Waals surface area contributed by atoms with Crippen molar-refractivity contribution in [3.8, 4) is 0 Å². The molecule has 1 amide bonds. The van der Waals surface area contributed by atoms with Crippen molar-refractivity contribution >= 4 is 23.3 Å². The molecule has 2 aliphatic rings. The van der Waals surface area contributed by atoms with E-state index in [9.17, 15) is 9.59 Å².